The molecule has 100 valence electrons. The Morgan fingerprint density at radius 2 is 2.21 bits per heavy atom. The number of hydrogen-bond donors (Lipinski definition) is 2. The van der Waals surface area contributed by atoms with Crippen molar-refractivity contribution in [3.8, 4) is 5.69 Å². The van der Waals surface area contributed by atoms with Crippen molar-refractivity contribution < 1.29 is 5.11 Å². The van der Waals surface area contributed by atoms with Crippen LogP contribution in [0.3, 0.4) is 0 Å². The summed E-state index contributed by atoms with van der Waals surface area (Å²) in [7, 11) is 0. The average Bonchev–Trinajstić information content (AvgIpc) is 2.79. The van der Waals surface area contributed by atoms with Crippen molar-refractivity contribution in [2.75, 3.05) is 0 Å². The van der Waals surface area contributed by atoms with Gasteiger partial charge in [-0.1, -0.05) is 12.1 Å². The molecule has 2 aromatic rings. The van der Waals surface area contributed by atoms with Crippen LogP contribution in [0, 0.1) is 0 Å². The molecule has 0 radical (unpaired) electrons. The third-order valence-electron chi connectivity index (χ3n) is 3.60. The summed E-state index contributed by atoms with van der Waals surface area (Å²) in [6.45, 7) is 0.358. The molecule has 1 unspecified atom stereocenters. The topological polar surface area (TPSA) is 64.1 Å². The van der Waals surface area contributed by atoms with Crippen LogP contribution in [0.5, 0.6) is 0 Å². The van der Waals surface area contributed by atoms with Gasteiger partial charge in [0, 0.05) is 16.6 Å². The average molecular weight is 322 g/mol. The fraction of sp³-hybridized carbons (Fsp3) is 0.357. The predicted octanol–water partition coefficient (Wildman–Crippen LogP) is 2.46. The second-order valence-electron chi connectivity index (χ2n) is 4.78. The van der Waals surface area contributed by atoms with Gasteiger partial charge in [-0.2, -0.15) is 5.10 Å². The van der Waals surface area contributed by atoms with E-state index in [1.54, 1.807) is 0 Å². The minimum absolute atomic E-state index is 0.358. The number of para-hydroxylation sites is 1. The summed E-state index contributed by atoms with van der Waals surface area (Å²) < 4.78 is 2.91. The van der Waals surface area contributed by atoms with Crippen LogP contribution in [0.15, 0.2) is 28.7 Å². The molecule has 1 heterocycles. The number of nitrogens with zero attached hydrogens (tertiary/aromatic N) is 2. The van der Waals surface area contributed by atoms with Gasteiger partial charge >= 0.3 is 0 Å². The van der Waals surface area contributed by atoms with E-state index in [2.05, 4.69) is 21.0 Å². The quantitative estimate of drug-likeness (QED) is 0.893. The lowest BCUT2D eigenvalue weighted by molar-refractivity contribution is 0.155. The molecule has 4 nitrogen and oxygen atoms in total. The van der Waals surface area contributed by atoms with Gasteiger partial charge in [0.15, 0.2) is 0 Å². The van der Waals surface area contributed by atoms with Crippen molar-refractivity contribution in [3.05, 3.63) is 45.7 Å². The van der Waals surface area contributed by atoms with Crippen molar-refractivity contribution >= 4 is 15.9 Å². The zero-order chi connectivity index (χ0) is 13.4. The lowest BCUT2D eigenvalue weighted by Gasteiger charge is -2.19. The Bertz CT molecular complexity index is 609. The fourth-order valence-electron chi connectivity index (χ4n) is 2.72. The number of nitrogens with two attached hydrogens (primary N) is 1. The molecule has 0 amide bonds. The Kier molecular flexibility index (Phi) is 3.43. The largest absolute Gasteiger partial charge is 0.388 e. The number of hydrogen-bond acceptors (Lipinski definition) is 3. The maximum absolute atomic E-state index is 10.2. The SMILES string of the molecule is NCc1nn(-c2ccccc2Br)c2c1C(O)CCC2. The van der Waals surface area contributed by atoms with Gasteiger partial charge in [0.2, 0.25) is 0 Å². The van der Waals surface area contributed by atoms with E-state index in [1.807, 2.05) is 28.9 Å². The second kappa shape index (κ2) is 5.07. The van der Waals surface area contributed by atoms with Crippen LogP contribution in [0.25, 0.3) is 5.69 Å². The van der Waals surface area contributed by atoms with Crippen LogP contribution in [0.1, 0.15) is 35.9 Å². The van der Waals surface area contributed by atoms with Gasteiger partial charge in [0.25, 0.3) is 0 Å². The van der Waals surface area contributed by atoms with Gasteiger partial charge in [0.05, 0.1) is 23.2 Å². The Morgan fingerprint density at radius 1 is 1.42 bits per heavy atom. The zero-order valence-electron chi connectivity index (χ0n) is 10.5. The molecule has 0 saturated heterocycles. The van der Waals surface area contributed by atoms with Crippen LogP contribution in [0.2, 0.25) is 0 Å². The smallest absolute Gasteiger partial charge is 0.0826 e. The van der Waals surface area contributed by atoms with Crippen molar-refractivity contribution in [2.45, 2.75) is 31.9 Å². The van der Waals surface area contributed by atoms with E-state index in [9.17, 15) is 5.11 Å². The lowest BCUT2D eigenvalue weighted by atomic mass is 9.93. The molecule has 3 N–H and O–H groups in total. The minimum atomic E-state index is -0.432. The summed E-state index contributed by atoms with van der Waals surface area (Å²) in [6.07, 6.45) is 2.27. The summed E-state index contributed by atoms with van der Waals surface area (Å²) in [5.74, 6) is 0. The highest BCUT2D eigenvalue weighted by Gasteiger charge is 2.27. The first kappa shape index (κ1) is 12.8. The maximum Gasteiger partial charge on any atom is 0.0826 e. The highest BCUT2D eigenvalue weighted by Crippen LogP contribution is 2.34. The minimum Gasteiger partial charge on any atom is -0.388 e. The number of halogens is 1. The molecule has 1 aliphatic carbocycles. The van der Waals surface area contributed by atoms with Gasteiger partial charge in [-0.05, 0) is 47.3 Å². The Hall–Kier alpha value is -1.17. The highest BCUT2D eigenvalue weighted by atomic mass is 79.9. The number of aromatic nitrogens is 2. The summed E-state index contributed by atoms with van der Waals surface area (Å²) in [5.41, 5.74) is 9.59. The zero-order valence-corrected chi connectivity index (χ0v) is 12.1. The van der Waals surface area contributed by atoms with E-state index in [1.165, 1.54) is 0 Å². The van der Waals surface area contributed by atoms with Crippen molar-refractivity contribution in [1.29, 1.82) is 0 Å². The Labute approximate surface area is 120 Å². The third kappa shape index (κ3) is 2.12. The molecule has 0 spiro atoms. The molecule has 0 saturated carbocycles. The molecule has 0 fully saturated rings. The van der Waals surface area contributed by atoms with Crippen LogP contribution < -0.4 is 5.73 Å². The van der Waals surface area contributed by atoms with Gasteiger partial charge in [-0.15, -0.1) is 0 Å². The number of aliphatic hydroxyl groups is 1. The van der Waals surface area contributed by atoms with Crippen molar-refractivity contribution in [3.63, 3.8) is 0 Å². The number of rotatable bonds is 2. The molecule has 0 aliphatic heterocycles. The standard InChI is InChI=1S/C14H16BrN3O/c15-9-4-1-2-5-11(9)18-12-6-3-7-13(19)14(12)10(8-16)17-18/h1-2,4-5,13,19H,3,6-8,16H2. The van der Waals surface area contributed by atoms with Crippen LogP contribution in [-0.4, -0.2) is 14.9 Å². The Morgan fingerprint density at radius 3 is 2.95 bits per heavy atom. The molecular formula is C14H16BrN3O. The summed E-state index contributed by atoms with van der Waals surface area (Å²) in [5, 5.41) is 14.8. The first-order valence-corrected chi connectivity index (χ1v) is 7.25. The number of benzene rings is 1. The number of fused-ring (bicyclic) bond motifs is 1. The third-order valence-corrected chi connectivity index (χ3v) is 4.27. The van der Waals surface area contributed by atoms with Gasteiger partial charge in [-0.3, -0.25) is 0 Å². The maximum atomic E-state index is 10.2. The van der Waals surface area contributed by atoms with Crippen molar-refractivity contribution in [2.24, 2.45) is 5.73 Å². The second-order valence-corrected chi connectivity index (χ2v) is 5.64. The Balaban J connectivity index is 2.21. The molecule has 1 atom stereocenters. The van der Waals surface area contributed by atoms with Crippen LogP contribution in [0.4, 0.5) is 0 Å². The molecule has 0 bridgehead atoms. The van der Waals surface area contributed by atoms with Gasteiger partial charge < -0.3 is 10.8 Å². The van der Waals surface area contributed by atoms with E-state index in [4.69, 9.17) is 5.73 Å². The fourth-order valence-corrected chi connectivity index (χ4v) is 3.17. The normalized spacial score (nSPS) is 18.4. The van der Waals surface area contributed by atoms with E-state index < -0.39 is 6.10 Å². The number of aliphatic hydroxyl groups excluding tert-OH is 1. The van der Waals surface area contributed by atoms with E-state index in [-0.39, 0.29) is 0 Å². The van der Waals surface area contributed by atoms with Crippen LogP contribution in [-0.2, 0) is 13.0 Å². The molecular weight excluding hydrogens is 306 g/mol. The highest BCUT2D eigenvalue weighted by molar-refractivity contribution is 9.10. The molecule has 1 aromatic carbocycles. The summed E-state index contributed by atoms with van der Waals surface area (Å²) in [4.78, 5) is 0. The molecule has 19 heavy (non-hydrogen) atoms. The van der Waals surface area contributed by atoms with Crippen LogP contribution >= 0.6 is 15.9 Å². The molecule has 3 rings (SSSR count). The molecule has 5 heteroatoms. The van der Waals surface area contributed by atoms with E-state index in [0.717, 1.165) is 46.4 Å². The summed E-state index contributed by atoms with van der Waals surface area (Å²) >= 11 is 3.55. The van der Waals surface area contributed by atoms with E-state index >= 15 is 0 Å². The van der Waals surface area contributed by atoms with Gasteiger partial charge in [0.1, 0.15) is 0 Å². The van der Waals surface area contributed by atoms with E-state index in [0.29, 0.717) is 6.54 Å². The lowest BCUT2D eigenvalue weighted by Crippen LogP contribution is -2.13. The van der Waals surface area contributed by atoms with Crippen molar-refractivity contribution in [1.82, 2.24) is 9.78 Å². The summed E-state index contributed by atoms with van der Waals surface area (Å²) in [6, 6.07) is 7.96. The monoisotopic (exact) mass is 321 g/mol. The first-order valence-electron chi connectivity index (χ1n) is 6.46. The predicted molar refractivity (Wildman–Crippen MR) is 77.1 cm³/mol. The van der Waals surface area contributed by atoms with Gasteiger partial charge in [-0.25, -0.2) is 4.68 Å². The molecule has 1 aromatic heterocycles. The first-order chi connectivity index (χ1) is 9.22. The molecule has 1 aliphatic rings.